The van der Waals surface area contributed by atoms with E-state index in [-0.39, 0.29) is 30.1 Å². The van der Waals surface area contributed by atoms with Crippen LogP contribution in [0.5, 0.6) is 0 Å². The van der Waals surface area contributed by atoms with E-state index in [0.717, 1.165) is 84.2 Å². The number of hydrogen-bond acceptors (Lipinski definition) is 4. The SMILES string of the molecule is CCNC(=NCCCN1CCC(O)CC1)N1CCC(COCC)C1.I. The van der Waals surface area contributed by atoms with Gasteiger partial charge in [0.25, 0.3) is 0 Å². The smallest absolute Gasteiger partial charge is 0.193 e. The van der Waals surface area contributed by atoms with Crippen LogP contribution in [0.3, 0.4) is 0 Å². The summed E-state index contributed by atoms with van der Waals surface area (Å²) in [6.07, 6.45) is 4.03. The van der Waals surface area contributed by atoms with Crippen molar-refractivity contribution in [1.82, 2.24) is 15.1 Å². The van der Waals surface area contributed by atoms with E-state index in [1.54, 1.807) is 0 Å². The molecule has 2 aliphatic heterocycles. The highest BCUT2D eigenvalue weighted by molar-refractivity contribution is 14.0. The second-order valence-corrected chi connectivity index (χ2v) is 6.92. The van der Waals surface area contributed by atoms with Crippen molar-refractivity contribution in [3.63, 3.8) is 0 Å². The summed E-state index contributed by atoms with van der Waals surface area (Å²) in [5, 5.41) is 13.0. The molecule has 2 fully saturated rings. The lowest BCUT2D eigenvalue weighted by Gasteiger charge is -2.29. The van der Waals surface area contributed by atoms with Gasteiger partial charge in [0.2, 0.25) is 0 Å². The number of aliphatic imine (C=N–C) groups is 1. The van der Waals surface area contributed by atoms with Gasteiger partial charge in [0.05, 0.1) is 12.7 Å². The van der Waals surface area contributed by atoms with E-state index < -0.39 is 0 Å². The van der Waals surface area contributed by atoms with E-state index in [1.807, 2.05) is 0 Å². The van der Waals surface area contributed by atoms with E-state index in [4.69, 9.17) is 9.73 Å². The van der Waals surface area contributed by atoms with Crippen molar-refractivity contribution in [1.29, 1.82) is 0 Å². The Hall–Kier alpha value is -0.120. The first-order chi connectivity index (χ1) is 11.7. The fourth-order valence-corrected chi connectivity index (χ4v) is 3.49. The van der Waals surface area contributed by atoms with Crippen LogP contribution >= 0.6 is 24.0 Å². The maximum Gasteiger partial charge on any atom is 0.193 e. The van der Waals surface area contributed by atoms with Gasteiger partial charge < -0.3 is 25.0 Å². The number of piperidine rings is 1. The molecule has 0 aromatic carbocycles. The summed E-state index contributed by atoms with van der Waals surface area (Å²) in [7, 11) is 0. The molecule has 2 heterocycles. The molecule has 0 bridgehead atoms. The third-order valence-corrected chi connectivity index (χ3v) is 4.93. The predicted octanol–water partition coefficient (Wildman–Crippen LogP) is 1.78. The van der Waals surface area contributed by atoms with Gasteiger partial charge in [-0.3, -0.25) is 4.99 Å². The maximum absolute atomic E-state index is 9.56. The van der Waals surface area contributed by atoms with Crippen molar-refractivity contribution in [2.45, 2.75) is 45.6 Å². The number of hydrogen-bond donors (Lipinski definition) is 2. The lowest BCUT2D eigenvalue weighted by Crippen LogP contribution is -2.40. The molecule has 6 nitrogen and oxygen atoms in total. The van der Waals surface area contributed by atoms with Gasteiger partial charge in [-0.05, 0) is 46.1 Å². The number of aliphatic hydroxyl groups excluding tert-OH is 1. The van der Waals surface area contributed by atoms with Crippen molar-refractivity contribution < 1.29 is 9.84 Å². The van der Waals surface area contributed by atoms with Crippen molar-refractivity contribution >= 4 is 29.9 Å². The Morgan fingerprint density at radius 3 is 2.64 bits per heavy atom. The van der Waals surface area contributed by atoms with Crippen molar-refractivity contribution in [3.8, 4) is 0 Å². The minimum Gasteiger partial charge on any atom is -0.393 e. The molecule has 0 amide bonds. The van der Waals surface area contributed by atoms with Gasteiger partial charge in [0.15, 0.2) is 5.96 Å². The minimum atomic E-state index is -0.0839. The monoisotopic (exact) mass is 468 g/mol. The van der Waals surface area contributed by atoms with Gasteiger partial charge in [0, 0.05) is 51.8 Å². The van der Waals surface area contributed by atoms with Crippen molar-refractivity contribution in [2.75, 3.05) is 59.0 Å². The molecular formula is C18H37IN4O2. The summed E-state index contributed by atoms with van der Waals surface area (Å²) in [5.74, 6) is 1.69. The summed E-state index contributed by atoms with van der Waals surface area (Å²) in [6.45, 7) is 12.9. The highest BCUT2D eigenvalue weighted by Gasteiger charge is 2.24. The van der Waals surface area contributed by atoms with E-state index in [9.17, 15) is 5.11 Å². The number of ether oxygens (including phenoxy) is 1. The molecule has 148 valence electrons. The Balaban J connectivity index is 0.00000312. The van der Waals surface area contributed by atoms with Gasteiger partial charge in [-0.15, -0.1) is 24.0 Å². The largest absolute Gasteiger partial charge is 0.393 e. The average molecular weight is 468 g/mol. The highest BCUT2D eigenvalue weighted by Crippen LogP contribution is 2.16. The van der Waals surface area contributed by atoms with Gasteiger partial charge in [-0.2, -0.15) is 0 Å². The Morgan fingerprint density at radius 1 is 1.20 bits per heavy atom. The first-order valence-corrected chi connectivity index (χ1v) is 9.74. The quantitative estimate of drug-likeness (QED) is 0.246. The number of nitrogens with zero attached hydrogens (tertiary/aromatic N) is 3. The number of guanidine groups is 1. The Kier molecular flexibility index (Phi) is 12.0. The van der Waals surface area contributed by atoms with Crippen LogP contribution in [0.2, 0.25) is 0 Å². The first kappa shape index (κ1) is 22.9. The van der Waals surface area contributed by atoms with Gasteiger partial charge in [-0.1, -0.05) is 0 Å². The van der Waals surface area contributed by atoms with Crippen LogP contribution in [-0.2, 0) is 4.74 Å². The van der Waals surface area contributed by atoms with E-state index >= 15 is 0 Å². The van der Waals surface area contributed by atoms with Crippen LogP contribution in [0.4, 0.5) is 0 Å². The van der Waals surface area contributed by atoms with E-state index in [1.165, 1.54) is 6.42 Å². The average Bonchev–Trinajstić information content (AvgIpc) is 3.06. The summed E-state index contributed by atoms with van der Waals surface area (Å²) in [4.78, 5) is 9.65. The number of halogens is 1. The molecule has 2 saturated heterocycles. The second kappa shape index (κ2) is 13.1. The third kappa shape index (κ3) is 8.41. The van der Waals surface area contributed by atoms with Gasteiger partial charge >= 0.3 is 0 Å². The number of aliphatic hydroxyl groups is 1. The molecular weight excluding hydrogens is 431 g/mol. The normalized spacial score (nSPS) is 22.9. The lowest BCUT2D eigenvalue weighted by atomic mass is 10.1. The predicted molar refractivity (Wildman–Crippen MR) is 114 cm³/mol. The fraction of sp³-hybridized carbons (Fsp3) is 0.944. The zero-order chi connectivity index (χ0) is 17.2. The number of rotatable bonds is 8. The molecule has 1 atom stereocenters. The number of nitrogens with one attached hydrogen (secondary N) is 1. The molecule has 25 heavy (non-hydrogen) atoms. The second-order valence-electron chi connectivity index (χ2n) is 6.92. The molecule has 1 unspecified atom stereocenters. The Bertz CT molecular complexity index is 376. The van der Waals surface area contributed by atoms with Crippen LogP contribution in [-0.4, -0.2) is 86.0 Å². The zero-order valence-corrected chi connectivity index (χ0v) is 18.3. The molecule has 2 N–H and O–H groups in total. The van der Waals surface area contributed by atoms with Crippen LogP contribution in [0.15, 0.2) is 4.99 Å². The summed E-state index contributed by atoms with van der Waals surface area (Å²) >= 11 is 0. The molecule has 0 radical (unpaired) electrons. The van der Waals surface area contributed by atoms with E-state index in [2.05, 4.69) is 29.0 Å². The molecule has 0 aliphatic carbocycles. The van der Waals surface area contributed by atoms with Crippen molar-refractivity contribution in [2.24, 2.45) is 10.9 Å². The van der Waals surface area contributed by atoms with Crippen LogP contribution in [0, 0.1) is 5.92 Å². The van der Waals surface area contributed by atoms with Crippen LogP contribution < -0.4 is 5.32 Å². The Morgan fingerprint density at radius 2 is 1.96 bits per heavy atom. The molecule has 0 saturated carbocycles. The summed E-state index contributed by atoms with van der Waals surface area (Å²) in [6, 6.07) is 0. The number of likely N-dealkylation sites (tertiary alicyclic amines) is 2. The third-order valence-electron chi connectivity index (χ3n) is 4.93. The van der Waals surface area contributed by atoms with Crippen LogP contribution in [0.1, 0.15) is 39.5 Å². The fourth-order valence-electron chi connectivity index (χ4n) is 3.49. The van der Waals surface area contributed by atoms with Gasteiger partial charge in [-0.25, -0.2) is 0 Å². The Labute approximate surface area is 170 Å². The molecule has 0 aromatic heterocycles. The highest BCUT2D eigenvalue weighted by atomic mass is 127. The topological polar surface area (TPSA) is 60.3 Å². The van der Waals surface area contributed by atoms with Crippen LogP contribution in [0.25, 0.3) is 0 Å². The lowest BCUT2D eigenvalue weighted by molar-refractivity contribution is 0.0824. The first-order valence-electron chi connectivity index (χ1n) is 9.74. The zero-order valence-electron chi connectivity index (χ0n) is 16.0. The summed E-state index contributed by atoms with van der Waals surface area (Å²) in [5.41, 5.74) is 0. The van der Waals surface area contributed by atoms with Gasteiger partial charge in [0.1, 0.15) is 0 Å². The molecule has 2 aliphatic rings. The molecule has 0 aromatic rings. The molecule has 7 heteroatoms. The standard InChI is InChI=1S/C18H36N4O2.HI/c1-3-19-18(22-13-6-16(14-22)15-24-4-2)20-9-5-10-21-11-7-17(23)8-12-21;/h16-17,23H,3-15H2,1-2H3,(H,19,20);1H. The molecule has 2 rings (SSSR count). The minimum absolute atomic E-state index is 0. The summed E-state index contributed by atoms with van der Waals surface area (Å²) < 4.78 is 5.57. The van der Waals surface area contributed by atoms with Crippen molar-refractivity contribution in [3.05, 3.63) is 0 Å². The molecule has 0 spiro atoms. The van der Waals surface area contributed by atoms with E-state index in [0.29, 0.717) is 5.92 Å². The maximum atomic E-state index is 9.56.